The van der Waals surface area contributed by atoms with Crippen molar-refractivity contribution in [1.29, 1.82) is 0 Å². The van der Waals surface area contributed by atoms with Gasteiger partial charge in [-0.05, 0) is 22.0 Å². The zero-order valence-corrected chi connectivity index (χ0v) is 8.77. The van der Waals surface area contributed by atoms with Gasteiger partial charge in [-0.25, -0.2) is 0 Å². The molecule has 0 radical (unpaired) electrons. The van der Waals surface area contributed by atoms with Gasteiger partial charge in [0.05, 0.1) is 12.7 Å². The Labute approximate surface area is 88.3 Å². The van der Waals surface area contributed by atoms with Gasteiger partial charge in [0.1, 0.15) is 6.26 Å². The molecule has 0 amide bonds. The van der Waals surface area contributed by atoms with Crippen molar-refractivity contribution in [2.45, 2.75) is 6.54 Å². The van der Waals surface area contributed by atoms with Crippen molar-refractivity contribution in [3.63, 3.8) is 0 Å². The minimum absolute atomic E-state index is 0.0469. The fourth-order valence-corrected chi connectivity index (χ4v) is 1.51. The molecule has 2 heterocycles. The molecule has 5 heteroatoms. The molecule has 4 nitrogen and oxygen atoms in total. The van der Waals surface area contributed by atoms with Crippen LogP contribution in [-0.4, -0.2) is 9.72 Å². The highest BCUT2D eigenvalue weighted by Crippen LogP contribution is 2.06. The molecule has 0 saturated carbocycles. The van der Waals surface area contributed by atoms with E-state index in [1.807, 2.05) is 0 Å². The topological polar surface area (TPSA) is 48.0 Å². The van der Waals surface area contributed by atoms with Gasteiger partial charge in [-0.15, -0.1) is 0 Å². The van der Waals surface area contributed by atoms with Gasteiger partial charge in [-0.2, -0.15) is 0 Å². The molecular weight excluding hydrogens is 248 g/mol. The standard InChI is InChI=1S/C9H7BrN2O2/c10-8-1-2-9(13)12(5-8)4-7-3-11-14-6-7/h1-3,5-6H,4H2. The van der Waals surface area contributed by atoms with Crippen LogP contribution in [-0.2, 0) is 6.54 Å². The third kappa shape index (κ3) is 1.93. The van der Waals surface area contributed by atoms with E-state index in [0.717, 1.165) is 10.0 Å². The minimum atomic E-state index is -0.0469. The normalized spacial score (nSPS) is 10.4. The van der Waals surface area contributed by atoms with Crippen LogP contribution in [0.4, 0.5) is 0 Å². The van der Waals surface area contributed by atoms with E-state index >= 15 is 0 Å². The first-order chi connectivity index (χ1) is 6.75. The fraction of sp³-hybridized carbons (Fsp3) is 0.111. The van der Waals surface area contributed by atoms with E-state index in [-0.39, 0.29) is 5.56 Å². The molecule has 2 aromatic rings. The summed E-state index contributed by atoms with van der Waals surface area (Å²) in [6.07, 6.45) is 4.84. The van der Waals surface area contributed by atoms with Crippen LogP contribution < -0.4 is 5.56 Å². The first-order valence-electron chi connectivity index (χ1n) is 4.00. The van der Waals surface area contributed by atoms with E-state index in [2.05, 4.69) is 25.6 Å². The highest BCUT2D eigenvalue weighted by molar-refractivity contribution is 9.10. The van der Waals surface area contributed by atoms with Crippen LogP contribution in [0, 0.1) is 0 Å². The van der Waals surface area contributed by atoms with E-state index in [0.29, 0.717) is 6.54 Å². The predicted molar refractivity (Wildman–Crippen MR) is 54.0 cm³/mol. The van der Waals surface area contributed by atoms with E-state index in [1.54, 1.807) is 23.0 Å². The lowest BCUT2D eigenvalue weighted by Crippen LogP contribution is -2.18. The van der Waals surface area contributed by atoms with Gasteiger partial charge in [-0.3, -0.25) is 4.79 Å². The van der Waals surface area contributed by atoms with Crippen molar-refractivity contribution < 1.29 is 4.52 Å². The van der Waals surface area contributed by atoms with E-state index in [4.69, 9.17) is 0 Å². The van der Waals surface area contributed by atoms with Crippen LogP contribution in [0.1, 0.15) is 5.56 Å². The van der Waals surface area contributed by atoms with Gasteiger partial charge in [0, 0.05) is 22.3 Å². The highest BCUT2D eigenvalue weighted by Gasteiger charge is 2.00. The van der Waals surface area contributed by atoms with Crippen LogP contribution in [0.15, 0.2) is 44.6 Å². The molecule has 0 N–H and O–H groups in total. The van der Waals surface area contributed by atoms with Crippen molar-refractivity contribution in [1.82, 2.24) is 9.72 Å². The van der Waals surface area contributed by atoms with Crippen molar-refractivity contribution in [3.8, 4) is 0 Å². The summed E-state index contributed by atoms with van der Waals surface area (Å²) in [5, 5.41) is 3.57. The maximum atomic E-state index is 11.4. The molecule has 0 saturated heterocycles. The zero-order valence-electron chi connectivity index (χ0n) is 7.18. The Morgan fingerprint density at radius 1 is 1.50 bits per heavy atom. The van der Waals surface area contributed by atoms with Crippen LogP contribution >= 0.6 is 15.9 Å². The van der Waals surface area contributed by atoms with Crippen LogP contribution in [0.25, 0.3) is 0 Å². The van der Waals surface area contributed by atoms with Gasteiger partial charge in [0.15, 0.2) is 0 Å². The maximum Gasteiger partial charge on any atom is 0.250 e. The number of rotatable bonds is 2. The second-order valence-electron chi connectivity index (χ2n) is 2.85. The predicted octanol–water partition coefficient (Wildman–Crippen LogP) is 1.65. The summed E-state index contributed by atoms with van der Waals surface area (Å²) < 4.78 is 7.13. The largest absolute Gasteiger partial charge is 0.364 e. The summed E-state index contributed by atoms with van der Waals surface area (Å²) in [5.74, 6) is 0. The van der Waals surface area contributed by atoms with E-state index in [9.17, 15) is 4.79 Å². The van der Waals surface area contributed by atoms with Gasteiger partial charge in [-0.1, -0.05) is 5.16 Å². The summed E-state index contributed by atoms with van der Waals surface area (Å²) in [6, 6.07) is 3.23. The Bertz CT molecular complexity index is 476. The fourth-order valence-electron chi connectivity index (χ4n) is 1.13. The third-order valence-corrected chi connectivity index (χ3v) is 2.25. The lowest BCUT2D eigenvalue weighted by molar-refractivity contribution is 0.418. The molecule has 0 unspecified atom stereocenters. The molecule has 2 aromatic heterocycles. The van der Waals surface area contributed by atoms with Gasteiger partial charge < -0.3 is 9.09 Å². The van der Waals surface area contributed by atoms with Crippen molar-refractivity contribution in [2.24, 2.45) is 0 Å². The summed E-state index contributed by atoms with van der Waals surface area (Å²) in [4.78, 5) is 11.4. The lowest BCUT2D eigenvalue weighted by Gasteiger charge is -2.02. The summed E-state index contributed by atoms with van der Waals surface area (Å²) in [7, 11) is 0. The Morgan fingerprint density at radius 2 is 2.36 bits per heavy atom. The number of halogens is 1. The molecule has 0 aliphatic heterocycles. The van der Waals surface area contributed by atoms with Gasteiger partial charge in [0.25, 0.3) is 5.56 Å². The first kappa shape index (κ1) is 9.21. The van der Waals surface area contributed by atoms with Crippen molar-refractivity contribution in [2.75, 3.05) is 0 Å². The number of aromatic nitrogens is 2. The molecule has 0 aromatic carbocycles. The number of pyridine rings is 1. The smallest absolute Gasteiger partial charge is 0.250 e. The van der Waals surface area contributed by atoms with Crippen LogP contribution in [0.3, 0.4) is 0 Å². The lowest BCUT2D eigenvalue weighted by atomic mass is 10.3. The monoisotopic (exact) mass is 254 g/mol. The molecule has 0 aliphatic carbocycles. The van der Waals surface area contributed by atoms with Gasteiger partial charge in [0.2, 0.25) is 0 Å². The molecule has 0 fully saturated rings. The van der Waals surface area contributed by atoms with Crippen molar-refractivity contribution in [3.05, 3.63) is 51.2 Å². The summed E-state index contributed by atoms with van der Waals surface area (Å²) in [6.45, 7) is 0.474. The van der Waals surface area contributed by atoms with Crippen LogP contribution in [0.2, 0.25) is 0 Å². The number of hydrogen-bond acceptors (Lipinski definition) is 3. The Hall–Kier alpha value is -1.36. The zero-order chi connectivity index (χ0) is 9.97. The SMILES string of the molecule is O=c1ccc(Br)cn1Cc1cnoc1. The second kappa shape index (κ2) is 3.79. The Balaban J connectivity index is 2.33. The quantitative estimate of drug-likeness (QED) is 0.819. The Kier molecular flexibility index (Phi) is 2.49. The van der Waals surface area contributed by atoms with Crippen molar-refractivity contribution >= 4 is 15.9 Å². The van der Waals surface area contributed by atoms with Crippen LogP contribution in [0.5, 0.6) is 0 Å². The number of nitrogens with zero attached hydrogens (tertiary/aromatic N) is 2. The Morgan fingerprint density at radius 3 is 3.07 bits per heavy atom. The maximum absolute atomic E-state index is 11.4. The second-order valence-corrected chi connectivity index (χ2v) is 3.76. The molecular formula is C9H7BrN2O2. The molecule has 2 rings (SSSR count). The van der Waals surface area contributed by atoms with Gasteiger partial charge >= 0.3 is 0 Å². The molecule has 0 bridgehead atoms. The molecule has 72 valence electrons. The molecule has 0 spiro atoms. The average molecular weight is 255 g/mol. The molecule has 0 aliphatic rings. The third-order valence-electron chi connectivity index (χ3n) is 1.78. The molecule has 0 atom stereocenters. The summed E-state index contributed by atoms with van der Waals surface area (Å²) >= 11 is 3.30. The minimum Gasteiger partial charge on any atom is -0.364 e. The highest BCUT2D eigenvalue weighted by atomic mass is 79.9. The molecule has 14 heavy (non-hydrogen) atoms. The van der Waals surface area contributed by atoms with E-state index < -0.39 is 0 Å². The number of hydrogen-bond donors (Lipinski definition) is 0. The average Bonchev–Trinajstić information content (AvgIpc) is 2.64. The summed E-state index contributed by atoms with van der Waals surface area (Å²) in [5.41, 5.74) is 0.819. The first-order valence-corrected chi connectivity index (χ1v) is 4.79. The van der Waals surface area contributed by atoms with E-state index in [1.165, 1.54) is 12.3 Å².